The molecule has 2 N–H and O–H groups in total. The van der Waals surface area contributed by atoms with Crippen molar-refractivity contribution in [3.63, 3.8) is 0 Å². The molecule has 0 aromatic heterocycles. The highest BCUT2D eigenvalue weighted by Crippen LogP contribution is 2.12. The topological polar surface area (TPSA) is 75.6 Å². The summed E-state index contributed by atoms with van der Waals surface area (Å²) in [5.74, 6) is 0. The Bertz CT molecular complexity index is 361. The smallest absolute Gasteiger partial charge is 0.406 e. The third-order valence-corrected chi connectivity index (χ3v) is 2.08. The highest BCUT2D eigenvalue weighted by Gasteiger charge is 2.08. The number of rotatable bonds is 4. The van der Waals surface area contributed by atoms with Crippen LogP contribution in [-0.4, -0.2) is 31.1 Å². The van der Waals surface area contributed by atoms with E-state index < -0.39 is 12.2 Å². The maximum Gasteiger partial charge on any atom is 0.406 e. The monoisotopic (exact) mass is 223 g/mol. The molecule has 5 nitrogen and oxygen atoms in total. The Morgan fingerprint density at radius 2 is 2.12 bits per heavy atom. The van der Waals surface area contributed by atoms with Crippen molar-refractivity contribution >= 4 is 12.4 Å². The average molecular weight is 223 g/mol. The van der Waals surface area contributed by atoms with Gasteiger partial charge in [-0.05, 0) is 5.56 Å². The van der Waals surface area contributed by atoms with Crippen LogP contribution in [0.2, 0.25) is 0 Å². The maximum atomic E-state index is 10.8. The molecule has 5 heteroatoms. The van der Waals surface area contributed by atoms with Crippen LogP contribution in [0.15, 0.2) is 24.3 Å². The number of carbonyl (C=O) groups excluding carboxylic acids is 2. The van der Waals surface area contributed by atoms with Gasteiger partial charge >= 0.3 is 6.09 Å². The molecule has 1 unspecified atom stereocenters. The van der Waals surface area contributed by atoms with Crippen molar-refractivity contribution in [1.29, 1.82) is 0 Å². The molecule has 1 rings (SSSR count). The third kappa shape index (κ3) is 3.36. The van der Waals surface area contributed by atoms with Gasteiger partial charge in [-0.15, -0.1) is 0 Å². The largest absolute Gasteiger partial charge is 0.453 e. The van der Waals surface area contributed by atoms with Crippen LogP contribution in [0.1, 0.15) is 22.0 Å². The van der Waals surface area contributed by atoms with E-state index in [0.29, 0.717) is 11.1 Å². The molecule has 0 saturated heterocycles. The van der Waals surface area contributed by atoms with Crippen molar-refractivity contribution in [2.24, 2.45) is 0 Å². The number of hydrogen-bond donors (Lipinski definition) is 2. The lowest BCUT2D eigenvalue weighted by molar-refractivity contribution is 0.112. The lowest BCUT2D eigenvalue weighted by Gasteiger charge is -2.11. The molecule has 1 aromatic carbocycles. The van der Waals surface area contributed by atoms with Gasteiger partial charge < -0.3 is 15.2 Å². The van der Waals surface area contributed by atoms with Crippen LogP contribution in [0.25, 0.3) is 0 Å². The van der Waals surface area contributed by atoms with Gasteiger partial charge in [0, 0.05) is 5.56 Å². The number of ether oxygens (including phenoxy) is 1. The highest BCUT2D eigenvalue weighted by atomic mass is 16.5. The molecule has 0 aliphatic rings. The first-order chi connectivity index (χ1) is 7.67. The number of methoxy groups -OCH3 is 1. The van der Waals surface area contributed by atoms with E-state index in [1.807, 2.05) is 0 Å². The molecule has 86 valence electrons. The van der Waals surface area contributed by atoms with E-state index in [0.717, 1.165) is 6.29 Å². The van der Waals surface area contributed by atoms with Crippen molar-refractivity contribution in [2.75, 3.05) is 13.7 Å². The Balaban J connectivity index is 2.55. The van der Waals surface area contributed by atoms with E-state index in [1.54, 1.807) is 24.3 Å². The molecule has 1 amide bonds. The SMILES string of the molecule is COC(=O)NCC(O)c1ccc(C=O)cc1. The molecule has 0 radical (unpaired) electrons. The number of amides is 1. The summed E-state index contributed by atoms with van der Waals surface area (Å²) < 4.78 is 4.37. The summed E-state index contributed by atoms with van der Waals surface area (Å²) in [6.07, 6.45) is -0.688. The second-order valence-electron chi connectivity index (χ2n) is 3.17. The summed E-state index contributed by atoms with van der Waals surface area (Å²) >= 11 is 0. The fourth-order valence-corrected chi connectivity index (χ4v) is 1.17. The second-order valence-corrected chi connectivity index (χ2v) is 3.17. The summed E-state index contributed by atoms with van der Waals surface area (Å²) in [6, 6.07) is 6.47. The number of benzene rings is 1. The zero-order valence-electron chi connectivity index (χ0n) is 8.84. The van der Waals surface area contributed by atoms with Crippen LogP contribution in [0, 0.1) is 0 Å². The molecule has 0 fully saturated rings. The van der Waals surface area contributed by atoms with E-state index >= 15 is 0 Å². The lowest BCUT2D eigenvalue weighted by Crippen LogP contribution is -2.28. The Morgan fingerprint density at radius 3 is 2.62 bits per heavy atom. The predicted molar refractivity (Wildman–Crippen MR) is 57.2 cm³/mol. The number of nitrogens with one attached hydrogen (secondary N) is 1. The maximum absolute atomic E-state index is 10.8. The number of hydrogen-bond acceptors (Lipinski definition) is 4. The average Bonchev–Trinajstić information content (AvgIpc) is 2.35. The van der Waals surface area contributed by atoms with Gasteiger partial charge in [0.25, 0.3) is 0 Å². The van der Waals surface area contributed by atoms with Crippen LogP contribution >= 0.6 is 0 Å². The van der Waals surface area contributed by atoms with E-state index in [-0.39, 0.29) is 6.54 Å². The van der Waals surface area contributed by atoms with Gasteiger partial charge in [0.2, 0.25) is 0 Å². The van der Waals surface area contributed by atoms with Crippen molar-refractivity contribution in [3.05, 3.63) is 35.4 Å². The molecule has 0 aliphatic carbocycles. The van der Waals surface area contributed by atoms with E-state index in [9.17, 15) is 14.7 Å². The minimum absolute atomic E-state index is 0.0626. The van der Waals surface area contributed by atoms with Gasteiger partial charge in [0.1, 0.15) is 6.29 Å². The highest BCUT2D eigenvalue weighted by molar-refractivity contribution is 5.74. The van der Waals surface area contributed by atoms with Crippen molar-refractivity contribution in [1.82, 2.24) is 5.32 Å². The van der Waals surface area contributed by atoms with Gasteiger partial charge in [-0.25, -0.2) is 4.79 Å². The fraction of sp³-hybridized carbons (Fsp3) is 0.273. The molecule has 0 saturated carbocycles. The summed E-state index contributed by atoms with van der Waals surface area (Å²) in [5, 5.41) is 12.0. The van der Waals surface area contributed by atoms with E-state index in [2.05, 4.69) is 10.1 Å². The number of aliphatic hydroxyl groups is 1. The lowest BCUT2D eigenvalue weighted by atomic mass is 10.1. The molecule has 0 heterocycles. The predicted octanol–water partition coefficient (Wildman–Crippen LogP) is 0.889. The quantitative estimate of drug-likeness (QED) is 0.743. The van der Waals surface area contributed by atoms with E-state index in [4.69, 9.17) is 0 Å². The molecule has 0 spiro atoms. The Labute approximate surface area is 93.0 Å². The minimum atomic E-state index is -0.820. The van der Waals surface area contributed by atoms with Gasteiger partial charge in [0.05, 0.1) is 19.8 Å². The molecule has 1 aromatic rings. The Kier molecular flexibility index (Phi) is 4.47. The van der Waals surface area contributed by atoms with Crippen LogP contribution in [0.3, 0.4) is 0 Å². The molecular weight excluding hydrogens is 210 g/mol. The Morgan fingerprint density at radius 1 is 1.50 bits per heavy atom. The van der Waals surface area contributed by atoms with Crippen molar-refractivity contribution in [2.45, 2.75) is 6.10 Å². The first-order valence-electron chi connectivity index (χ1n) is 4.72. The van der Waals surface area contributed by atoms with Gasteiger partial charge in [0.15, 0.2) is 0 Å². The number of aldehydes is 1. The van der Waals surface area contributed by atoms with Gasteiger partial charge in [-0.3, -0.25) is 4.79 Å². The molecule has 16 heavy (non-hydrogen) atoms. The van der Waals surface area contributed by atoms with E-state index in [1.165, 1.54) is 7.11 Å². The normalized spacial score (nSPS) is 11.6. The van der Waals surface area contributed by atoms with Crippen LogP contribution in [0.4, 0.5) is 4.79 Å². The Hall–Kier alpha value is -1.88. The van der Waals surface area contributed by atoms with Gasteiger partial charge in [-0.2, -0.15) is 0 Å². The second kappa shape index (κ2) is 5.87. The zero-order valence-corrected chi connectivity index (χ0v) is 8.84. The summed E-state index contributed by atoms with van der Waals surface area (Å²) in [6.45, 7) is 0.0626. The molecule has 0 aliphatic heterocycles. The minimum Gasteiger partial charge on any atom is -0.453 e. The first kappa shape index (κ1) is 12.2. The molecule has 0 bridgehead atoms. The molecular formula is C11H13NO4. The first-order valence-corrected chi connectivity index (χ1v) is 4.72. The summed E-state index contributed by atoms with van der Waals surface area (Å²) in [5.41, 5.74) is 1.17. The fourth-order valence-electron chi connectivity index (χ4n) is 1.17. The standard InChI is InChI=1S/C11H13NO4/c1-16-11(15)12-6-10(14)9-4-2-8(7-13)3-5-9/h2-5,7,10,14H,6H2,1H3,(H,12,15). The summed E-state index contributed by atoms with van der Waals surface area (Å²) in [4.78, 5) is 21.2. The zero-order chi connectivity index (χ0) is 12.0. The van der Waals surface area contributed by atoms with Crippen LogP contribution in [0.5, 0.6) is 0 Å². The van der Waals surface area contributed by atoms with Crippen LogP contribution in [-0.2, 0) is 4.74 Å². The van der Waals surface area contributed by atoms with Crippen molar-refractivity contribution in [3.8, 4) is 0 Å². The number of alkyl carbamates (subject to hydrolysis) is 1. The number of aliphatic hydroxyl groups excluding tert-OH is 1. The molecule has 1 atom stereocenters. The third-order valence-electron chi connectivity index (χ3n) is 2.08. The van der Waals surface area contributed by atoms with Crippen molar-refractivity contribution < 1.29 is 19.4 Å². The van der Waals surface area contributed by atoms with Gasteiger partial charge in [-0.1, -0.05) is 24.3 Å². The summed E-state index contributed by atoms with van der Waals surface area (Å²) in [7, 11) is 1.25. The number of carbonyl (C=O) groups is 2. The van der Waals surface area contributed by atoms with Crippen LogP contribution < -0.4 is 5.32 Å².